The van der Waals surface area contributed by atoms with Crippen molar-refractivity contribution in [1.82, 2.24) is 16.2 Å². The lowest BCUT2D eigenvalue weighted by atomic mass is 9.86. The van der Waals surface area contributed by atoms with Crippen molar-refractivity contribution in [1.29, 1.82) is 0 Å². The third kappa shape index (κ3) is 3.25. The van der Waals surface area contributed by atoms with Gasteiger partial charge in [-0.05, 0) is 26.7 Å². The molecule has 6 nitrogen and oxygen atoms in total. The molecule has 1 amide bonds. The smallest absolute Gasteiger partial charge is 0.236 e. The van der Waals surface area contributed by atoms with E-state index in [0.717, 1.165) is 25.7 Å². The normalized spacial score (nSPS) is 41.1. The molecular formula is C13H26N4O2. The molecule has 6 N–H and O–H groups in total. The fourth-order valence-electron chi connectivity index (χ4n) is 3.44. The fourth-order valence-corrected chi connectivity index (χ4v) is 3.44. The second-order valence-electron chi connectivity index (χ2n) is 5.95. The van der Waals surface area contributed by atoms with Gasteiger partial charge in [-0.2, -0.15) is 0 Å². The quantitative estimate of drug-likeness (QED) is 0.462. The van der Waals surface area contributed by atoms with E-state index in [2.05, 4.69) is 23.1 Å². The van der Waals surface area contributed by atoms with E-state index in [1.165, 1.54) is 0 Å². The lowest BCUT2D eigenvalue weighted by molar-refractivity contribution is -0.120. The number of aliphatic hydroxyl groups is 1. The summed E-state index contributed by atoms with van der Waals surface area (Å²) in [6, 6.07) is 0.0526. The summed E-state index contributed by atoms with van der Waals surface area (Å²) in [6.45, 7) is 4.10. The number of hydrogen-bond donors (Lipinski definition) is 5. The molecule has 2 fully saturated rings. The maximum atomic E-state index is 11.5. The standard InChI is InChI=1S/C13H26N4O2/c1-7(15-9-5-3-4-6-10(9)18)11-8(2)16-17-12(11)13(14)19/h7-12,15-18H,3-6H2,1-2H3,(H2,14,19)/t7?,8?,9-,10-,11?,12?/m1/s1. The van der Waals surface area contributed by atoms with Crippen LogP contribution in [0.25, 0.3) is 0 Å². The molecule has 0 spiro atoms. The van der Waals surface area contributed by atoms with Gasteiger partial charge in [-0.15, -0.1) is 0 Å². The van der Waals surface area contributed by atoms with Gasteiger partial charge in [0.2, 0.25) is 5.91 Å². The number of hydrogen-bond acceptors (Lipinski definition) is 5. The predicted octanol–water partition coefficient (Wildman–Crippen LogP) is -0.766. The highest BCUT2D eigenvalue weighted by Gasteiger charge is 2.41. The third-order valence-electron chi connectivity index (χ3n) is 4.52. The maximum Gasteiger partial charge on any atom is 0.236 e. The van der Waals surface area contributed by atoms with E-state index in [9.17, 15) is 9.90 Å². The molecule has 110 valence electrons. The van der Waals surface area contributed by atoms with Crippen LogP contribution in [0.1, 0.15) is 39.5 Å². The van der Waals surface area contributed by atoms with Crippen LogP contribution in [0.5, 0.6) is 0 Å². The molecular weight excluding hydrogens is 244 g/mol. The molecule has 1 heterocycles. The average Bonchev–Trinajstić information content (AvgIpc) is 2.74. The average molecular weight is 270 g/mol. The van der Waals surface area contributed by atoms with E-state index in [1.54, 1.807) is 0 Å². The summed E-state index contributed by atoms with van der Waals surface area (Å²) < 4.78 is 0. The minimum absolute atomic E-state index is 0.0895. The number of primary amides is 1. The molecule has 2 aliphatic rings. The van der Waals surface area contributed by atoms with E-state index in [-0.39, 0.29) is 42.1 Å². The van der Waals surface area contributed by atoms with Gasteiger partial charge in [-0.1, -0.05) is 12.8 Å². The first-order chi connectivity index (χ1) is 9.00. The topological polar surface area (TPSA) is 99.4 Å². The molecule has 1 aliphatic heterocycles. The van der Waals surface area contributed by atoms with Gasteiger partial charge in [0.05, 0.1) is 6.10 Å². The second-order valence-corrected chi connectivity index (χ2v) is 5.95. The highest BCUT2D eigenvalue weighted by molar-refractivity contribution is 5.80. The zero-order valence-electron chi connectivity index (χ0n) is 11.7. The van der Waals surface area contributed by atoms with Gasteiger partial charge in [-0.25, -0.2) is 5.43 Å². The molecule has 1 saturated carbocycles. The van der Waals surface area contributed by atoms with Crippen LogP contribution in [0.2, 0.25) is 0 Å². The van der Waals surface area contributed by atoms with Crippen LogP contribution in [0.15, 0.2) is 0 Å². The van der Waals surface area contributed by atoms with Crippen molar-refractivity contribution in [3.8, 4) is 0 Å². The van der Waals surface area contributed by atoms with Crippen molar-refractivity contribution >= 4 is 5.91 Å². The molecule has 0 bridgehead atoms. The minimum Gasteiger partial charge on any atom is -0.392 e. The van der Waals surface area contributed by atoms with Crippen molar-refractivity contribution in [2.45, 2.75) is 69.8 Å². The van der Waals surface area contributed by atoms with Gasteiger partial charge < -0.3 is 16.2 Å². The second kappa shape index (κ2) is 6.17. The van der Waals surface area contributed by atoms with E-state index >= 15 is 0 Å². The number of nitrogens with two attached hydrogens (primary N) is 1. The number of amides is 1. The lowest BCUT2D eigenvalue weighted by Gasteiger charge is -2.35. The number of carbonyl (C=O) groups is 1. The van der Waals surface area contributed by atoms with Gasteiger partial charge in [0.15, 0.2) is 0 Å². The molecule has 4 unspecified atom stereocenters. The zero-order chi connectivity index (χ0) is 14.0. The van der Waals surface area contributed by atoms with Crippen LogP contribution in [-0.4, -0.2) is 41.3 Å². The van der Waals surface area contributed by atoms with Crippen molar-refractivity contribution in [2.75, 3.05) is 0 Å². The van der Waals surface area contributed by atoms with Gasteiger partial charge >= 0.3 is 0 Å². The Kier molecular flexibility index (Phi) is 4.78. The third-order valence-corrected chi connectivity index (χ3v) is 4.52. The van der Waals surface area contributed by atoms with Crippen molar-refractivity contribution in [3.63, 3.8) is 0 Å². The van der Waals surface area contributed by atoms with Gasteiger partial charge in [-0.3, -0.25) is 10.2 Å². The molecule has 6 heteroatoms. The molecule has 6 atom stereocenters. The van der Waals surface area contributed by atoms with Gasteiger partial charge in [0, 0.05) is 24.0 Å². The first-order valence-corrected chi connectivity index (χ1v) is 7.25. The largest absolute Gasteiger partial charge is 0.392 e. The van der Waals surface area contributed by atoms with Crippen molar-refractivity contribution < 1.29 is 9.90 Å². The Morgan fingerprint density at radius 2 is 2.05 bits per heavy atom. The SMILES string of the molecule is CC1NNC(C(N)=O)C1C(C)N[C@@H]1CCCC[C@H]1O. The Bertz CT molecular complexity index is 326. The maximum absolute atomic E-state index is 11.5. The highest BCUT2D eigenvalue weighted by Crippen LogP contribution is 2.23. The van der Waals surface area contributed by atoms with Crippen LogP contribution in [0.3, 0.4) is 0 Å². The minimum atomic E-state index is -0.363. The fraction of sp³-hybridized carbons (Fsp3) is 0.923. The number of nitrogens with one attached hydrogen (secondary N) is 3. The van der Waals surface area contributed by atoms with Crippen LogP contribution >= 0.6 is 0 Å². The number of carbonyl (C=O) groups excluding carboxylic acids is 1. The van der Waals surface area contributed by atoms with Gasteiger partial charge in [0.25, 0.3) is 0 Å². The van der Waals surface area contributed by atoms with Crippen molar-refractivity contribution in [3.05, 3.63) is 0 Å². The van der Waals surface area contributed by atoms with Crippen LogP contribution in [0.4, 0.5) is 0 Å². The summed E-state index contributed by atoms with van der Waals surface area (Å²) in [5.41, 5.74) is 11.5. The van der Waals surface area contributed by atoms with E-state index < -0.39 is 0 Å². The summed E-state index contributed by atoms with van der Waals surface area (Å²) in [4.78, 5) is 11.5. The Hall–Kier alpha value is -0.690. The van der Waals surface area contributed by atoms with Crippen LogP contribution in [-0.2, 0) is 4.79 Å². The number of aliphatic hydroxyl groups excluding tert-OH is 1. The Labute approximate surface area is 114 Å². The molecule has 1 aliphatic carbocycles. The highest BCUT2D eigenvalue weighted by atomic mass is 16.3. The summed E-state index contributed by atoms with van der Waals surface area (Å²) in [7, 11) is 0. The Morgan fingerprint density at radius 3 is 2.68 bits per heavy atom. The monoisotopic (exact) mass is 270 g/mol. The van der Waals surface area contributed by atoms with E-state index in [0.29, 0.717) is 0 Å². The lowest BCUT2D eigenvalue weighted by Crippen LogP contribution is -2.54. The summed E-state index contributed by atoms with van der Waals surface area (Å²) in [6.07, 6.45) is 3.83. The summed E-state index contributed by atoms with van der Waals surface area (Å²) in [5.74, 6) is -0.244. The molecule has 1 saturated heterocycles. The molecule has 19 heavy (non-hydrogen) atoms. The Balaban J connectivity index is 1.97. The molecule has 2 rings (SSSR count). The molecule has 0 aromatic rings. The van der Waals surface area contributed by atoms with Crippen LogP contribution < -0.4 is 21.9 Å². The predicted molar refractivity (Wildman–Crippen MR) is 73.1 cm³/mol. The van der Waals surface area contributed by atoms with E-state index in [1.807, 2.05) is 6.92 Å². The first-order valence-electron chi connectivity index (χ1n) is 7.25. The Morgan fingerprint density at radius 1 is 1.37 bits per heavy atom. The van der Waals surface area contributed by atoms with E-state index in [4.69, 9.17) is 5.73 Å². The summed E-state index contributed by atoms with van der Waals surface area (Å²) >= 11 is 0. The molecule has 0 aromatic heterocycles. The molecule has 0 radical (unpaired) electrons. The summed E-state index contributed by atoms with van der Waals surface area (Å²) in [5, 5.41) is 13.5. The first kappa shape index (κ1) is 14.7. The molecule has 0 aromatic carbocycles. The van der Waals surface area contributed by atoms with Crippen LogP contribution in [0, 0.1) is 5.92 Å². The number of hydrazine groups is 1. The van der Waals surface area contributed by atoms with Crippen molar-refractivity contribution in [2.24, 2.45) is 11.7 Å². The van der Waals surface area contributed by atoms with Gasteiger partial charge in [0.1, 0.15) is 6.04 Å². The zero-order valence-corrected chi connectivity index (χ0v) is 11.7. The number of rotatable bonds is 4.